The Morgan fingerprint density at radius 3 is 2.48 bits per heavy atom. The predicted octanol–water partition coefficient (Wildman–Crippen LogP) is 4.06. The van der Waals surface area contributed by atoms with Crippen molar-refractivity contribution in [1.82, 2.24) is 15.3 Å². The van der Waals surface area contributed by atoms with E-state index in [2.05, 4.69) is 60.3 Å². The monoisotopic (exact) mass is 301 g/mol. The normalized spacial score (nSPS) is 11.1. The summed E-state index contributed by atoms with van der Waals surface area (Å²) in [5, 5.41) is 3.40. The Bertz CT molecular complexity index is 579. The Balaban J connectivity index is 2.22. The highest BCUT2D eigenvalue weighted by Crippen LogP contribution is 2.22. The number of thioether (sulfide) groups is 1. The number of aryl methyl sites for hydroxylation is 1. The van der Waals surface area contributed by atoms with Crippen molar-refractivity contribution in [3.63, 3.8) is 0 Å². The maximum atomic E-state index is 4.67. The molecular weight excluding hydrogens is 278 g/mol. The molecule has 0 radical (unpaired) electrons. The van der Waals surface area contributed by atoms with E-state index in [0.717, 1.165) is 35.1 Å². The van der Waals surface area contributed by atoms with E-state index in [1.54, 1.807) is 0 Å². The van der Waals surface area contributed by atoms with Crippen LogP contribution in [0, 0.1) is 6.92 Å². The van der Waals surface area contributed by atoms with Gasteiger partial charge in [0.05, 0.1) is 5.69 Å². The van der Waals surface area contributed by atoms with E-state index >= 15 is 0 Å². The second kappa shape index (κ2) is 7.57. The van der Waals surface area contributed by atoms with Crippen LogP contribution in [0.1, 0.15) is 32.2 Å². The van der Waals surface area contributed by atoms with Gasteiger partial charge in [0.2, 0.25) is 0 Å². The Morgan fingerprint density at radius 1 is 1.14 bits per heavy atom. The summed E-state index contributed by atoms with van der Waals surface area (Å²) in [4.78, 5) is 10.5. The number of nitrogens with one attached hydrogen (secondary N) is 1. The molecule has 4 heteroatoms. The quantitative estimate of drug-likeness (QED) is 0.816. The molecule has 0 atom stereocenters. The molecule has 0 aliphatic rings. The zero-order valence-electron chi connectivity index (χ0n) is 13.2. The Morgan fingerprint density at radius 2 is 1.86 bits per heavy atom. The fourth-order valence-corrected chi connectivity index (χ4v) is 2.69. The van der Waals surface area contributed by atoms with Gasteiger partial charge in [-0.15, -0.1) is 11.8 Å². The molecule has 1 heterocycles. The van der Waals surface area contributed by atoms with Crippen molar-refractivity contribution in [3.05, 3.63) is 41.7 Å². The van der Waals surface area contributed by atoms with Gasteiger partial charge in [0.25, 0.3) is 0 Å². The highest BCUT2D eigenvalue weighted by atomic mass is 32.2. The van der Waals surface area contributed by atoms with Crippen molar-refractivity contribution in [2.45, 2.75) is 45.2 Å². The van der Waals surface area contributed by atoms with Crippen LogP contribution in [-0.2, 0) is 6.54 Å². The molecule has 1 aromatic carbocycles. The highest BCUT2D eigenvalue weighted by molar-refractivity contribution is 7.99. The molecule has 0 amide bonds. The molecule has 112 valence electrons. The number of aromatic nitrogens is 2. The lowest BCUT2D eigenvalue weighted by molar-refractivity contribution is 0.580. The van der Waals surface area contributed by atoms with Gasteiger partial charge in [0.15, 0.2) is 5.82 Å². The Labute approximate surface area is 131 Å². The first-order chi connectivity index (χ1) is 10.1. The summed E-state index contributed by atoms with van der Waals surface area (Å²) in [5.74, 6) is 1.90. The minimum atomic E-state index is 0.453. The van der Waals surface area contributed by atoms with Gasteiger partial charge in [-0.3, -0.25) is 0 Å². The predicted molar refractivity (Wildman–Crippen MR) is 90.6 cm³/mol. The molecule has 0 bridgehead atoms. The van der Waals surface area contributed by atoms with Crippen LogP contribution in [0.25, 0.3) is 11.4 Å². The first-order valence-electron chi connectivity index (χ1n) is 7.39. The van der Waals surface area contributed by atoms with Gasteiger partial charge >= 0.3 is 0 Å². The number of rotatable bonds is 6. The first kappa shape index (κ1) is 16.0. The lowest BCUT2D eigenvalue weighted by Crippen LogP contribution is -2.22. The zero-order chi connectivity index (χ0) is 15.2. The molecule has 0 spiro atoms. The lowest BCUT2D eigenvalue weighted by Gasteiger charge is -2.10. The van der Waals surface area contributed by atoms with Gasteiger partial charge < -0.3 is 5.32 Å². The number of hydrogen-bond acceptors (Lipinski definition) is 4. The van der Waals surface area contributed by atoms with E-state index in [0.29, 0.717) is 6.04 Å². The van der Waals surface area contributed by atoms with Gasteiger partial charge in [0, 0.05) is 28.7 Å². The van der Waals surface area contributed by atoms with Crippen LogP contribution in [-0.4, -0.2) is 21.8 Å². The van der Waals surface area contributed by atoms with Crippen molar-refractivity contribution in [2.75, 3.05) is 5.75 Å². The molecule has 0 unspecified atom stereocenters. The summed E-state index contributed by atoms with van der Waals surface area (Å²) < 4.78 is 0. The maximum Gasteiger partial charge on any atom is 0.159 e. The molecule has 0 saturated carbocycles. The fourth-order valence-electron chi connectivity index (χ4n) is 2.03. The standard InChI is InChI=1S/C17H23N3S/c1-5-21-16-8-6-14(7-9-16)17-19-13(4)10-15(20-17)11-18-12(2)3/h6-10,12,18H,5,11H2,1-4H3. The minimum Gasteiger partial charge on any atom is -0.309 e. The highest BCUT2D eigenvalue weighted by Gasteiger charge is 2.06. The van der Waals surface area contributed by atoms with E-state index in [1.165, 1.54) is 4.90 Å². The maximum absolute atomic E-state index is 4.67. The minimum absolute atomic E-state index is 0.453. The van der Waals surface area contributed by atoms with Gasteiger partial charge in [-0.25, -0.2) is 9.97 Å². The van der Waals surface area contributed by atoms with E-state index in [-0.39, 0.29) is 0 Å². The third-order valence-electron chi connectivity index (χ3n) is 3.02. The molecule has 2 aromatic rings. The van der Waals surface area contributed by atoms with Gasteiger partial charge in [-0.05, 0) is 30.9 Å². The molecular formula is C17H23N3S. The third-order valence-corrected chi connectivity index (χ3v) is 3.92. The summed E-state index contributed by atoms with van der Waals surface area (Å²) in [7, 11) is 0. The van der Waals surface area contributed by atoms with Crippen LogP contribution < -0.4 is 5.32 Å². The average molecular weight is 301 g/mol. The smallest absolute Gasteiger partial charge is 0.159 e. The summed E-state index contributed by atoms with van der Waals surface area (Å²) in [6, 6.07) is 11.0. The second-order valence-electron chi connectivity index (χ2n) is 5.32. The second-order valence-corrected chi connectivity index (χ2v) is 6.65. The summed E-state index contributed by atoms with van der Waals surface area (Å²) in [5.41, 5.74) is 3.12. The van der Waals surface area contributed by atoms with Crippen molar-refractivity contribution in [1.29, 1.82) is 0 Å². The van der Waals surface area contributed by atoms with Crippen LogP contribution in [0.5, 0.6) is 0 Å². The van der Waals surface area contributed by atoms with Crippen molar-refractivity contribution >= 4 is 11.8 Å². The van der Waals surface area contributed by atoms with E-state index < -0.39 is 0 Å². The molecule has 2 rings (SSSR count). The van der Waals surface area contributed by atoms with Gasteiger partial charge in [-0.2, -0.15) is 0 Å². The molecule has 0 saturated heterocycles. The largest absolute Gasteiger partial charge is 0.309 e. The Kier molecular flexibility index (Phi) is 5.76. The number of nitrogens with zero attached hydrogens (tertiary/aromatic N) is 2. The molecule has 0 aliphatic carbocycles. The fraction of sp³-hybridized carbons (Fsp3) is 0.412. The van der Waals surface area contributed by atoms with E-state index in [9.17, 15) is 0 Å². The SMILES string of the molecule is CCSc1ccc(-c2nc(C)cc(CNC(C)C)n2)cc1. The summed E-state index contributed by atoms with van der Waals surface area (Å²) in [6.45, 7) is 9.23. The molecule has 3 nitrogen and oxygen atoms in total. The lowest BCUT2D eigenvalue weighted by atomic mass is 10.2. The average Bonchev–Trinajstić information content (AvgIpc) is 2.46. The van der Waals surface area contributed by atoms with Crippen LogP contribution in [0.4, 0.5) is 0 Å². The molecule has 0 aliphatic heterocycles. The van der Waals surface area contributed by atoms with Crippen LogP contribution in [0.2, 0.25) is 0 Å². The molecule has 21 heavy (non-hydrogen) atoms. The topological polar surface area (TPSA) is 37.8 Å². The molecule has 0 fully saturated rings. The molecule has 1 aromatic heterocycles. The Hall–Kier alpha value is -1.39. The van der Waals surface area contributed by atoms with Gasteiger partial charge in [-0.1, -0.05) is 32.9 Å². The summed E-state index contributed by atoms with van der Waals surface area (Å²) >= 11 is 1.85. The number of benzene rings is 1. The third kappa shape index (κ3) is 4.83. The van der Waals surface area contributed by atoms with Crippen LogP contribution >= 0.6 is 11.8 Å². The molecule has 1 N–H and O–H groups in total. The van der Waals surface area contributed by atoms with E-state index in [4.69, 9.17) is 0 Å². The van der Waals surface area contributed by atoms with Crippen molar-refractivity contribution < 1.29 is 0 Å². The van der Waals surface area contributed by atoms with E-state index in [1.807, 2.05) is 24.8 Å². The van der Waals surface area contributed by atoms with Gasteiger partial charge in [0.1, 0.15) is 0 Å². The summed E-state index contributed by atoms with van der Waals surface area (Å²) in [6.07, 6.45) is 0. The van der Waals surface area contributed by atoms with Crippen LogP contribution in [0.15, 0.2) is 35.2 Å². The van der Waals surface area contributed by atoms with Crippen molar-refractivity contribution in [3.8, 4) is 11.4 Å². The van der Waals surface area contributed by atoms with Crippen molar-refractivity contribution in [2.24, 2.45) is 0 Å². The first-order valence-corrected chi connectivity index (χ1v) is 8.38. The number of hydrogen-bond donors (Lipinski definition) is 1. The zero-order valence-corrected chi connectivity index (χ0v) is 14.0. The van der Waals surface area contributed by atoms with Crippen LogP contribution in [0.3, 0.4) is 0 Å².